The highest BCUT2D eigenvalue weighted by Crippen LogP contribution is 2.51. The largest absolute Gasteiger partial charge is 0.386 e. The van der Waals surface area contributed by atoms with Crippen LogP contribution < -0.4 is 5.30 Å². The molecule has 0 radical (unpaired) electrons. The minimum absolute atomic E-state index is 0.260. The standard InChI is InChI=1S/C36H43N4O2P/c1-24(2)35-26(4)40(33-20-19-29(21-25(33)3)43(5,42)28-15-10-7-11-16-28)38-36(35)30-17-12-18-32-31(30)22-39(37-32)23-34(41)27-13-8-6-9-14-27/h6,8-9,12-14,17-22,24,28,34,41H,7,10-11,15-16,23H2,1-5H3/t34-,43?/m0/s1. The first-order valence-electron chi connectivity index (χ1n) is 15.6. The van der Waals surface area contributed by atoms with E-state index in [-0.39, 0.29) is 5.92 Å². The summed E-state index contributed by atoms with van der Waals surface area (Å²) in [7, 11) is -2.45. The van der Waals surface area contributed by atoms with Gasteiger partial charge < -0.3 is 9.67 Å². The molecule has 2 atom stereocenters. The summed E-state index contributed by atoms with van der Waals surface area (Å²) in [6.45, 7) is 11.0. The highest BCUT2D eigenvalue weighted by Gasteiger charge is 2.32. The van der Waals surface area contributed by atoms with E-state index in [1.807, 2.05) is 60.0 Å². The van der Waals surface area contributed by atoms with Gasteiger partial charge in [0.2, 0.25) is 0 Å². The van der Waals surface area contributed by atoms with Gasteiger partial charge in [-0.25, -0.2) is 4.68 Å². The Balaban J connectivity index is 1.38. The molecule has 0 spiro atoms. The van der Waals surface area contributed by atoms with E-state index < -0.39 is 13.2 Å². The minimum atomic E-state index is -2.45. The number of fused-ring (bicyclic) bond motifs is 1. The third-order valence-electron chi connectivity index (χ3n) is 9.33. The van der Waals surface area contributed by atoms with Gasteiger partial charge in [-0.15, -0.1) is 0 Å². The first kappa shape index (κ1) is 29.6. The van der Waals surface area contributed by atoms with E-state index in [0.717, 1.165) is 62.8 Å². The third kappa shape index (κ3) is 5.63. The zero-order chi connectivity index (χ0) is 30.3. The number of hydrogen-bond donors (Lipinski definition) is 1. The summed E-state index contributed by atoms with van der Waals surface area (Å²) in [5.74, 6) is 0.260. The predicted molar refractivity (Wildman–Crippen MR) is 177 cm³/mol. The summed E-state index contributed by atoms with van der Waals surface area (Å²) in [6, 6.07) is 22.2. The van der Waals surface area contributed by atoms with Crippen molar-refractivity contribution >= 4 is 23.3 Å². The van der Waals surface area contributed by atoms with Crippen molar-refractivity contribution in [2.24, 2.45) is 0 Å². The molecule has 1 aliphatic carbocycles. The van der Waals surface area contributed by atoms with E-state index in [1.165, 1.54) is 24.8 Å². The predicted octanol–water partition coefficient (Wildman–Crippen LogP) is 8.31. The molecular formula is C36H43N4O2P. The molecule has 43 heavy (non-hydrogen) atoms. The van der Waals surface area contributed by atoms with Gasteiger partial charge >= 0.3 is 0 Å². The highest BCUT2D eigenvalue weighted by molar-refractivity contribution is 7.71. The van der Waals surface area contributed by atoms with Crippen molar-refractivity contribution in [2.75, 3.05) is 6.66 Å². The van der Waals surface area contributed by atoms with Crippen LogP contribution in [0.4, 0.5) is 0 Å². The maximum atomic E-state index is 14.0. The van der Waals surface area contributed by atoms with Crippen molar-refractivity contribution in [3.8, 4) is 16.9 Å². The first-order valence-corrected chi connectivity index (χ1v) is 17.9. The molecule has 1 saturated carbocycles. The van der Waals surface area contributed by atoms with E-state index >= 15 is 0 Å². The van der Waals surface area contributed by atoms with Crippen LogP contribution in [0.1, 0.15) is 80.4 Å². The van der Waals surface area contributed by atoms with Crippen molar-refractivity contribution in [3.63, 3.8) is 0 Å². The second-order valence-electron chi connectivity index (χ2n) is 12.7. The molecule has 6 rings (SSSR count). The van der Waals surface area contributed by atoms with Crippen molar-refractivity contribution < 1.29 is 9.67 Å². The fraction of sp³-hybridized carbons (Fsp3) is 0.389. The minimum Gasteiger partial charge on any atom is -0.386 e. The number of hydrogen-bond acceptors (Lipinski definition) is 4. The fourth-order valence-corrected chi connectivity index (χ4v) is 9.52. The molecular weight excluding hydrogens is 551 g/mol. The average Bonchev–Trinajstić information content (AvgIpc) is 3.58. The van der Waals surface area contributed by atoms with Gasteiger partial charge in [0.1, 0.15) is 7.14 Å². The highest BCUT2D eigenvalue weighted by atomic mass is 31.2. The van der Waals surface area contributed by atoms with Gasteiger partial charge in [-0.05, 0) is 74.7 Å². The molecule has 2 aromatic heterocycles. The summed E-state index contributed by atoms with van der Waals surface area (Å²) >= 11 is 0. The molecule has 0 amide bonds. The van der Waals surface area contributed by atoms with Crippen LogP contribution in [0.3, 0.4) is 0 Å². The van der Waals surface area contributed by atoms with Crippen molar-refractivity contribution in [1.29, 1.82) is 0 Å². The topological polar surface area (TPSA) is 72.9 Å². The van der Waals surface area contributed by atoms with Gasteiger partial charge in [-0.3, -0.25) is 4.68 Å². The van der Waals surface area contributed by atoms with Crippen LogP contribution >= 0.6 is 7.14 Å². The van der Waals surface area contributed by atoms with Crippen LogP contribution in [0.25, 0.3) is 27.8 Å². The van der Waals surface area contributed by atoms with Crippen molar-refractivity contribution in [1.82, 2.24) is 19.6 Å². The summed E-state index contributed by atoms with van der Waals surface area (Å²) in [6.07, 6.45) is 7.16. The maximum absolute atomic E-state index is 14.0. The lowest BCUT2D eigenvalue weighted by Crippen LogP contribution is -2.20. The van der Waals surface area contributed by atoms with Gasteiger partial charge in [-0.2, -0.15) is 10.2 Å². The van der Waals surface area contributed by atoms with Crippen LogP contribution in [0, 0.1) is 13.8 Å². The monoisotopic (exact) mass is 594 g/mol. The molecule has 7 heteroatoms. The molecule has 6 nitrogen and oxygen atoms in total. The van der Waals surface area contributed by atoms with Crippen LogP contribution in [0.2, 0.25) is 0 Å². The molecule has 224 valence electrons. The SMILES string of the molecule is Cc1cc(P(C)(=O)C2CCCCC2)ccc1-n1nc(-c2cccc3nn(C[C@H](O)c4ccccc4)cc23)c(C(C)C)c1C. The Kier molecular flexibility index (Phi) is 8.19. The second kappa shape index (κ2) is 11.9. The molecule has 1 N–H and O–H groups in total. The lowest BCUT2D eigenvalue weighted by atomic mass is 9.95. The molecule has 0 aliphatic heterocycles. The zero-order valence-electron chi connectivity index (χ0n) is 26.0. The summed E-state index contributed by atoms with van der Waals surface area (Å²) < 4.78 is 17.9. The van der Waals surface area contributed by atoms with Crippen LogP contribution in [0.15, 0.2) is 72.9 Å². The van der Waals surface area contributed by atoms with E-state index in [9.17, 15) is 9.67 Å². The Labute approximate surface area is 255 Å². The van der Waals surface area contributed by atoms with E-state index in [0.29, 0.717) is 12.2 Å². The van der Waals surface area contributed by atoms with Crippen molar-refractivity contribution in [3.05, 3.63) is 95.3 Å². The molecule has 1 unspecified atom stereocenters. The Hall–Kier alpha value is -3.47. The van der Waals surface area contributed by atoms with Gasteiger partial charge in [-0.1, -0.05) is 75.6 Å². The zero-order valence-corrected chi connectivity index (χ0v) is 26.9. The lowest BCUT2D eigenvalue weighted by Gasteiger charge is -2.28. The quantitative estimate of drug-likeness (QED) is 0.183. The van der Waals surface area contributed by atoms with Gasteiger partial charge in [0.05, 0.1) is 29.5 Å². The number of aryl methyl sites for hydroxylation is 1. The van der Waals surface area contributed by atoms with E-state index in [4.69, 9.17) is 10.2 Å². The Bertz CT molecular complexity index is 1800. The lowest BCUT2D eigenvalue weighted by molar-refractivity contribution is 0.152. The summed E-state index contributed by atoms with van der Waals surface area (Å²) in [5.41, 5.74) is 8.46. The van der Waals surface area contributed by atoms with Gasteiger partial charge in [0.25, 0.3) is 0 Å². The number of rotatable bonds is 8. The first-order chi connectivity index (χ1) is 20.6. The van der Waals surface area contributed by atoms with E-state index in [1.54, 1.807) is 0 Å². The Morgan fingerprint density at radius 3 is 2.40 bits per heavy atom. The number of aromatic nitrogens is 4. The second-order valence-corrected chi connectivity index (χ2v) is 15.9. The van der Waals surface area contributed by atoms with Gasteiger partial charge in [0, 0.05) is 39.4 Å². The normalized spacial score (nSPS) is 16.5. The molecule has 1 fully saturated rings. The smallest absolute Gasteiger partial charge is 0.115 e. The number of aliphatic hydroxyl groups excluding tert-OH is 1. The molecule has 0 saturated heterocycles. The molecule has 1 aliphatic rings. The van der Waals surface area contributed by atoms with Gasteiger partial charge in [0.15, 0.2) is 0 Å². The Morgan fingerprint density at radius 1 is 0.953 bits per heavy atom. The van der Waals surface area contributed by atoms with E-state index in [2.05, 4.69) is 56.6 Å². The maximum Gasteiger partial charge on any atom is 0.115 e. The molecule has 0 bridgehead atoms. The molecule has 2 heterocycles. The third-order valence-corrected chi connectivity index (χ3v) is 12.5. The number of aliphatic hydroxyl groups is 1. The Morgan fingerprint density at radius 2 is 1.70 bits per heavy atom. The average molecular weight is 595 g/mol. The summed E-state index contributed by atoms with van der Waals surface area (Å²) in [4.78, 5) is 0. The molecule has 3 aromatic carbocycles. The number of benzene rings is 3. The summed E-state index contributed by atoms with van der Waals surface area (Å²) in [5, 5.41) is 22.9. The molecule has 5 aromatic rings. The van der Waals surface area contributed by atoms with Crippen LogP contribution in [-0.4, -0.2) is 37.0 Å². The van der Waals surface area contributed by atoms with Crippen molar-refractivity contribution in [2.45, 2.75) is 84.0 Å². The number of nitrogens with zero attached hydrogens (tertiary/aromatic N) is 4. The van der Waals surface area contributed by atoms with Crippen LogP contribution in [-0.2, 0) is 11.1 Å². The van der Waals surface area contributed by atoms with Crippen LogP contribution in [0.5, 0.6) is 0 Å². The fourth-order valence-electron chi connectivity index (χ4n) is 6.93.